The molecule has 0 aliphatic rings. The number of aryl methyl sites for hydroxylation is 2. The number of aromatic nitrogens is 2. The first kappa shape index (κ1) is 18.7. The third kappa shape index (κ3) is 4.43. The van der Waals surface area contributed by atoms with Crippen molar-refractivity contribution in [2.75, 3.05) is 6.61 Å². The van der Waals surface area contributed by atoms with Crippen LogP contribution in [0.1, 0.15) is 16.7 Å². The van der Waals surface area contributed by atoms with E-state index in [-0.39, 0.29) is 12.5 Å². The molecule has 2 aromatic heterocycles. The van der Waals surface area contributed by atoms with Crippen molar-refractivity contribution in [3.8, 4) is 17.2 Å². The molecule has 1 N–H and O–H groups in total. The predicted molar refractivity (Wildman–Crippen MR) is 110 cm³/mol. The smallest absolute Gasteiger partial charge is 0.258 e. The van der Waals surface area contributed by atoms with Gasteiger partial charge in [0, 0.05) is 18.3 Å². The van der Waals surface area contributed by atoms with E-state index in [1.54, 1.807) is 6.20 Å². The number of amides is 1. The second kappa shape index (κ2) is 8.14. The number of rotatable bonds is 6. The molecule has 0 atom stereocenters. The number of fused-ring (bicyclic) bond motifs is 1. The van der Waals surface area contributed by atoms with Gasteiger partial charge < -0.3 is 14.5 Å². The number of benzene rings is 2. The van der Waals surface area contributed by atoms with Gasteiger partial charge in [-0.3, -0.25) is 4.79 Å². The van der Waals surface area contributed by atoms with Crippen LogP contribution in [-0.2, 0) is 11.3 Å². The van der Waals surface area contributed by atoms with Crippen LogP contribution in [0.25, 0.3) is 22.7 Å². The van der Waals surface area contributed by atoms with Crippen LogP contribution in [0.2, 0.25) is 0 Å². The molecule has 4 rings (SSSR count). The van der Waals surface area contributed by atoms with Crippen molar-refractivity contribution >= 4 is 17.1 Å². The lowest BCUT2D eigenvalue weighted by Gasteiger charge is -2.09. The molecule has 0 aliphatic heterocycles. The zero-order valence-corrected chi connectivity index (χ0v) is 16.3. The maximum Gasteiger partial charge on any atom is 0.258 e. The van der Waals surface area contributed by atoms with Crippen LogP contribution in [0.4, 0.5) is 0 Å². The molecule has 2 heterocycles. The van der Waals surface area contributed by atoms with Crippen LogP contribution in [0, 0.1) is 13.8 Å². The lowest BCUT2D eigenvalue weighted by Crippen LogP contribution is -2.28. The highest BCUT2D eigenvalue weighted by atomic mass is 16.5. The summed E-state index contributed by atoms with van der Waals surface area (Å²) < 4.78 is 11.3. The summed E-state index contributed by atoms with van der Waals surface area (Å²) in [5, 5.41) is 2.86. The van der Waals surface area contributed by atoms with Crippen molar-refractivity contribution in [2.45, 2.75) is 20.4 Å². The van der Waals surface area contributed by atoms with Gasteiger partial charge in [0.15, 0.2) is 17.8 Å². The monoisotopic (exact) mass is 387 g/mol. The normalized spacial score (nSPS) is 10.8. The van der Waals surface area contributed by atoms with E-state index < -0.39 is 0 Å². The largest absolute Gasteiger partial charge is 0.484 e. The lowest BCUT2D eigenvalue weighted by molar-refractivity contribution is -0.123. The van der Waals surface area contributed by atoms with Crippen LogP contribution < -0.4 is 10.1 Å². The highest BCUT2D eigenvalue weighted by Crippen LogP contribution is 2.23. The van der Waals surface area contributed by atoms with Gasteiger partial charge in [0.1, 0.15) is 5.75 Å². The molecule has 146 valence electrons. The van der Waals surface area contributed by atoms with Gasteiger partial charge in [-0.05, 0) is 66.9 Å². The summed E-state index contributed by atoms with van der Waals surface area (Å²) >= 11 is 0. The molecule has 6 nitrogen and oxygen atoms in total. The van der Waals surface area contributed by atoms with Gasteiger partial charge in [-0.2, -0.15) is 4.98 Å². The fourth-order valence-corrected chi connectivity index (χ4v) is 2.86. The molecular formula is C23H21N3O3. The van der Waals surface area contributed by atoms with E-state index in [0.29, 0.717) is 29.4 Å². The SMILES string of the molecule is Cc1ccc(OCC(=O)NCc2ccc(-c3nc4ncccc4o3)cc2)cc1C. The molecule has 6 heteroatoms. The Labute approximate surface area is 168 Å². The first-order chi connectivity index (χ1) is 14.1. The van der Waals surface area contributed by atoms with Gasteiger partial charge in [0.25, 0.3) is 5.91 Å². The van der Waals surface area contributed by atoms with E-state index in [9.17, 15) is 4.79 Å². The van der Waals surface area contributed by atoms with Crippen LogP contribution in [-0.4, -0.2) is 22.5 Å². The van der Waals surface area contributed by atoms with Gasteiger partial charge >= 0.3 is 0 Å². The number of carbonyl (C=O) groups is 1. The summed E-state index contributed by atoms with van der Waals surface area (Å²) in [5.74, 6) is 1.05. The van der Waals surface area contributed by atoms with Crippen molar-refractivity contribution in [1.82, 2.24) is 15.3 Å². The highest BCUT2D eigenvalue weighted by molar-refractivity contribution is 5.77. The molecule has 0 saturated heterocycles. The zero-order valence-electron chi connectivity index (χ0n) is 16.3. The molecule has 0 bridgehead atoms. The van der Waals surface area contributed by atoms with Crippen LogP contribution in [0.5, 0.6) is 5.75 Å². The summed E-state index contributed by atoms with van der Waals surface area (Å²) in [6, 6.07) is 17.1. The Kier molecular flexibility index (Phi) is 5.24. The number of hydrogen-bond acceptors (Lipinski definition) is 5. The first-order valence-electron chi connectivity index (χ1n) is 9.36. The van der Waals surface area contributed by atoms with Crippen molar-refractivity contribution < 1.29 is 13.9 Å². The maximum absolute atomic E-state index is 12.1. The molecule has 1 amide bonds. The average molecular weight is 387 g/mol. The van der Waals surface area contributed by atoms with Crippen molar-refractivity contribution in [2.24, 2.45) is 0 Å². The topological polar surface area (TPSA) is 77.2 Å². The van der Waals surface area contributed by atoms with Crippen molar-refractivity contribution in [3.63, 3.8) is 0 Å². The van der Waals surface area contributed by atoms with Crippen LogP contribution in [0.3, 0.4) is 0 Å². The zero-order chi connectivity index (χ0) is 20.2. The summed E-state index contributed by atoms with van der Waals surface area (Å²) in [5.41, 5.74) is 5.40. The average Bonchev–Trinajstić information content (AvgIpc) is 3.18. The Hall–Kier alpha value is -3.67. The van der Waals surface area contributed by atoms with Crippen LogP contribution >= 0.6 is 0 Å². The van der Waals surface area contributed by atoms with E-state index >= 15 is 0 Å². The molecule has 4 aromatic rings. The molecule has 0 unspecified atom stereocenters. The summed E-state index contributed by atoms with van der Waals surface area (Å²) in [4.78, 5) is 20.6. The number of oxazole rings is 1. The molecule has 29 heavy (non-hydrogen) atoms. The number of nitrogens with zero attached hydrogens (tertiary/aromatic N) is 2. The van der Waals surface area contributed by atoms with E-state index in [1.165, 1.54) is 5.56 Å². The minimum Gasteiger partial charge on any atom is -0.484 e. The van der Waals surface area contributed by atoms with Crippen LogP contribution in [0.15, 0.2) is 65.2 Å². The fraction of sp³-hybridized carbons (Fsp3) is 0.174. The standard InChI is InChI=1S/C23H21N3O3/c1-15-5-10-19(12-16(15)2)28-14-21(27)25-13-17-6-8-18(9-7-17)23-26-22-20(29-23)4-3-11-24-22/h3-12H,13-14H2,1-2H3,(H,25,27). The molecular weight excluding hydrogens is 366 g/mol. The Bertz CT molecular complexity index is 1120. The van der Waals surface area contributed by atoms with Crippen molar-refractivity contribution in [1.29, 1.82) is 0 Å². The van der Waals surface area contributed by atoms with E-state index in [1.807, 2.05) is 68.4 Å². The summed E-state index contributed by atoms with van der Waals surface area (Å²) in [6.45, 7) is 4.46. The molecule has 0 spiro atoms. The first-order valence-corrected chi connectivity index (χ1v) is 9.36. The molecule has 2 aromatic carbocycles. The Morgan fingerprint density at radius 2 is 1.90 bits per heavy atom. The highest BCUT2D eigenvalue weighted by Gasteiger charge is 2.09. The molecule has 0 radical (unpaired) electrons. The van der Waals surface area contributed by atoms with Crippen molar-refractivity contribution in [3.05, 3.63) is 77.5 Å². The van der Waals surface area contributed by atoms with E-state index in [0.717, 1.165) is 16.7 Å². The Morgan fingerprint density at radius 1 is 1.07 bits per heavy atom. The third-order valence-corrected chi connectivity index (χ3v) is 4.70. The number of ether oxygens (including phenoxy) is 1. The van der Waals surface area contributed by atoms with E-state index in [2.05, 4.69) is 15.3 Å². The molecule has 0 saturated carbocycles. The van der Waals surface area contributed by atoms with Gasteiger partial charge in [0.2, 0.25) is 5.89 Å². The number of pyridine rings is 1. The fourth-order valence-electron chi connectivity index (χ4n) is 2.86. The number of hydrogen-bond donors (Lipinski definition) is 1. The maximum atomic E-state index is 12.1. The third-order valence-electron chi connectivity index (χ3n) is 4.70. The Balaban J connectivity index is 1.31. The second-order valence-corrected chi connectivity index (χ2v) is 6.85. The van der Waals surface area contributed by atoms with Gasteiger partial charge in [-0.15, -0.1) is 0 Å². The number of carbonyl (C=O) groups excluding carboxylic acids is 1. The molecule has 0 aliphatic carbocycles. The minimum atomic E-state index is -0.169. The Morgan fingerprint density at radius 3 is 2.66 bits per heavy atom. The summed E-state index contributed by atoms with van der Waals surface area (Å²) in [7, 11) is 0. The predicted octanol–water partition coefficient (Wildman–Crippen LogP) is 4.20. The van der Waals surface area contributed by atoms with Gasteiger partial charge in [0.05, 0.1) is 0 Å². The minimum absolute atomic E-state index is 0.0174. The lowest BCUT2D eigenvalue weighted by atomic mass is 10.1. The van der Waals surface area contributed by atoms with E-state index in [4.69, 9.17) is 9.15 Å². The van der Waals surface area contributed by atoms with Gasteiger partial charge in [-0.1, -0.05) is 18.2 Å². The summed E-state index contributed by atoms with van der Waals surface area (Å²) in [6.07, 6.45) is 1.68. The quantitative estimate of drug-likeness (QED) is 0.536. The van der Waals surface area contributed by atoms with Gasteiger partial charge in [-0.25, -0.2) is 4.98 Å². The molecule has 0 fully saturated rings. The number of nitrogens with one attached hydrogen (secondary N) is 1. The second-order valence-electron chi connectivity index (χ2n) is 6.85.